The first-order valence-corrected chi connectivity index (χ1v) is 6.44. The van der Waals surface area contributed by atoms with Gasteiger partial charge in [-0.05, 0) is 25.6 Å². The van der Waals surface area contributed by atoms with E-state index in [0.717, 1.165) is 31.7 Å². The largest absolute Gasteiger partial charge is 0.381 e. The highest BCUT2D eigenvalue weighted by atomic mass is 16.5. The molecule has 0 radical (unpaired) electrons. The minimum absolute atomic E-state index is 0.113. The highest BCUT2D eigenvalue weighted by Crippen LogP contribution is 2.13. The van der Waals surface area contributed by atoms with Crippen LogP contribution >= 0.6 is 0 Å². The quantitative estimate of drug-likeness (QED) is 0.757. The molecule has 0 aromatic carbocycles. The molecular formula is C14H20N2O2. The summed E-state index contributed by atoms with van der Waals surface area (Å²) in [5, 5.41) is 0. The Morgan fingerprint density at radius 1 is 1.56 bits per heavy atom. The number of hydrogen-bond acceptors (Lipinski definition) is 4. The number of pyridine rings is 1. The minimum atomic E-state index is 0.113. The molecule has 1 saturated heterocycles. The normalized spacial score (nSPS) is 19.3. The van der Waals surface area contributed by atoms with E-state index >= 15 is 0 Å². The standard InChI is InChI=1S/C14H20N2O2/c1-16(8-5-13-4-2-3-7-15-13)10-14(17)12-6-9-18-11-12/h2-4,7,12H,5-6,8-11H2,1H3. The zero-order valence-corrected chi connectivity index (χ0v) is 10.8. The number of ketones is 1. The molecule has 0 saturated carbocycles. The Kier molecular flexibility index (Phi) is 4.84. The Balaban J connectivity index is 1.71. The fraction of sp³-hybridized carbons (Fsp3) is 0.571. The maximum Gasteiger partial charge on any atom is 0.152 e. The predicted octanol–water partition coefficient (Wildman–Crippen LogP) is 1.16. The zero-order valence-electron chi connectivity index (χ0n) is 10.8. The number of nitrogens with zero attached hydrogens (tertiary/aromatic N) is 2. The van der Waals surface area contributed by atoms with Gasteiger partial charge in [0.1, 0.15) is 0 Å². The van der Waals surface area contributed by atoms with Crippen LogP contribution in [0.15, 0.2) is 24.4 Å². The van der Waals surface area contributed by atoms with Crippen molar-refractivity contribution in [1.29, 1.82) is 0 Å². The smallest absolute Gasteiger partial charge is 0.152 e. The Morgan fingerprint density at radius 3 is 3.11 bits per heavy atom. The molecule has 18 heavy (non-hydrogen) atoms. The first-order valence-electron chi connectivity index (χ1n) is 6.44. The molecule has 4 nitrogen and oxygen atoms in total. The lowest BCUT2D eigenvalue weighted by Gasteiger charge is -2.17. The number of Topliss-reactive ketones (excluding diaryl/α,β-unsaturated/α-hetero) is 1. The summed E-state index contributed by atoms with van der Waals surface area (Å²) in [6, 6.07) is 5.92. The van der Waals surface area contributed by atoms with Gasteiger partial charge in [-0.25, -0.2) is 0 Å². The van der Waals surface area contributed by atoms with Crippen LogP contribution in [0.1, 0.15) is 12.1 Å². The van der Waals surface area contributed by atoms with E-state index in [2.05, 4.69) is 9.88 Å². The number of carbonyl (C=O) groups excluding carboxylic acids is 1. The van der Waals surface area contributed by atoms with E-state index in [4.69, 9.17) is 4.74 Å². The Bertz CT molecular complexity index is 375. The number of ether oxygens (including phenoxy) is 1. The third-order valence-electron chi connectivity index (χ3n) is 3.29. The monoisotopic (exact) mass is 248 g/mol. The van der Waals surface area contributed by atoms with Gasteiger partial charge in [-0.15, -0.1) is 0 Å². The van der Waals surface area contributed by atoms with E-state index in [-0.39, 0.29) is 5.92 Å². The van der Waals surface area contributed by atoms with Crippen LogP contribution in [0.2, 0.25) is 0 Å². The van der Waals surface area contributed by atoms with Crippen LogP contribution in [0, 0.1) is 5.92 Å². The van der Waals surface area contributed by atoms with Crippen LogP contribution in [0.4, 0.5) is 0 Å². The van der Waals surface area contributed by atoms with Crippen molar-refractivity contribution < 1.29 is 9.53 Å². The van der Waals surface area contributed by atoms with E-state index in [1.165, 1.54) is 0 Å². The van der Waals surface area contributed by atoms with Gasteiger partial charge >= 0.3 is 0 Å². The average Bonchev–Trinajstić information content (AvgIpc) is 2.91. The number of hydrogen-bond donors (Lipinski definition) is 0. The van der Waals surface area contributed by atoms with Crippen molar-refractivity contribution >= 4 is 5.78 Å². The molecule has 0 bridgehead atoms. The van der Waals surface area contributed by atoms with Crippen molar-refractivity contribution in [2.24, 2.45) is 5.92 Å². The molecule has 1 atom stereocenters. The van der Waals surface area contributed by atoms with Crippen molar-refractivity contribution in [2.75, 3.05) is 33.4 Å². The average molecular weight is 248 g/mol. The molecule has 2 rings (SSSR count). The Hall–Kier alpha value is -1.26. The predicted molar refractivity (Wildman–Crippen MR) is 69.4 cm³/mol. The van der Waals surface area contributed by atoms with E-state index in [9.17, 15) is 4.79 Å². The first-order chi connectivity index (χ1) is 8.75. The van der Waals surface area contributed by atoms with Crippen LogP contribution in [0.3, 0.4) is 0 Å². The highest BCUT2D eigenvalue weighted by molar-refractivity contribution is 5.83. The van der Waals surface area contributed by atoms with Crippen molar-refractivity contribution in [3.05, 3.63) is 30.1 Å². The molecule has 0 spiro atoms. The summed E-state index contributed by atoms with van der Waals surface area (Å²) in [5.41, 5.74) is 1.07. The molecule has 0 N–H and O–H groups in total. The second-order valence-corrected chi connectivity index (χ2v) is 4.84. The summed E-state index contributed by atoms with van der Waals surface area (Å²) in [7, 11) is 1.98. The van der Waals surface area contributed by atoms with E-state index in [1.54, 1.807) is 6.20 Å². The Morgan fingerprint density at radius 2 is 2.44 bits per heavy atom. The molecule has 98 valence electrons. The van der Waals surface area contributed by atoms with E-state index in [1.807, 2.05) is 25.2 Å². The molecule has 0 aliphatic carbocycles. The minimum Gasteiger partial charge on any atom is -0.381 e. The summed E-state index contributed by atoms with van der Waals surface area (Å²) in [5.74, 6) is 0.415. The molecule has 4 heteroatoms. The lowest BCUT2D eigenvalue weighted by Crippen LogP contribution is -2.32. The SMILES string of the molecule is CN(CCc1ccccn1)CC(=O)C1CCOC1. The third kappa shape index (κ3) is 3.89. The molecule has 1 unspecified atom stereocenters. The zero-order chi connectivity index (χ0) is 12.8. The van der Waals surface area contributed by atoms with Crippen molar-refractivity contribution in [1.82, 2.24) is 9.88 Å². The third-order valence-corrected chi connectivity index (χ3v) is 3.29. The summed E-state index contributed by atoms with van der Waals surface area (Å²) in [4.78, 5) is 18.3. The number of likely N-dealkylation sites (N-methyl/N-ethyl adjacent to an activating group) is 1. The molecule has 1 aliphatic rings. The van der Waals surface area contributed by atoms with Gasteiger partial charge in [-0.2, -0.15) is 0 Å². The summed E-state index contributed by atoms with van der Waals surface area (Å²) in [6.45, 7) is 2.71. The first kappa shape index (κ1) is 13.2. The molecule has 1 aliphatic heterocycles. The van der Waals surface area contributed by atoms with Gasteiger partial charge in [0.2, 0.25) is 0 Å². The number of carbonyl (C=O) groups is 1. The van der Waals surface area contributed by atoms with Crippen LogP contribution in [0.25, 0.3) is 0 Å². The fourth-order valence-electron chi connectivity index (χ4n) is 2.11. The summed E-state index contributed by atoms with van der Waals surface area (Å²) < 4.78 is 5.24. The van der Waals surface area contributed by atoms with Crippen LogP contribution in [-0.4, -0.2) is 49.0 Å². The summed E-state index contributed by atoms with van der Waals surface area (Å²) >= 11 is 0. The second-order valence-electron chi connectivity index (χ2n) is 4.84. The van der Waals surface area contributed by atoms with Crippen molar-refractivity contribution in [3.63, 3.8) is 0 Å². The molecule has 1 aromatic rings. The van der Waals surface area contributed by atoms with Gasteiger partial charge < -0.3 is 4.74 Å². The van der Waals surface area contributed by atoms with Crippen molar-refractivity contribution in [2.45, 2.75) is 12.8 Å². The molecular weight excluding hydrogens is 228 g/mol. The Labute approximate surface area is 108 Å². The summed E-state index contributed by atoms with van der Waals surface area (Å²) in [6.07, 6.45) is 3.56. The molecule has 2 heterocycles. The number of rotatable bonds is 6. The topological polar surface area (TPSA) is 42.4 Å². The molecule has 0 amide bonds. The van der Waals surface area contributed by atoms with Gasteiger partial charge in [-0.3, -0.25) is 14.7 Å². The van der Waals surface area contributed by atoms with Crippen LogP contribution in [-0.2, 0) is 16.0 Å². The maximum absolute atomic E-state index is 11.9. The van der Waals surface area contributed by atoms with E-state index in [0.29, 0.717) is 18.9 Å². The lowest BCUT2D eigenvalue weighted by molar-refractivity contribution is -0.123. The maximum atomic E-state index is 11.9. The van der Waals surface area contributed by atoms with Crippen LogP contribution in [0.5, 0.6) is 0 Å². The lowest BCUT2D eigenvalue weighted by atomic mass is 10.0. The van der Waals surface area contributed by atoms with E-state index < -0.39 is 0 Å². The van der Waals surface area contributed by atoms with Gasteiger partial charge in [0, 0.05) is 37.4 Å². The molecule has 1 fully saturated rings. The fourth-order valence-corrected chi connectivity index (χ4v) is 2.11. The van der Waals surface area contributed by atoms with Crippen LogP contribution < -0.4 is 0 Å². The van der Waals surface area contributed by atoms with Gasteiger partial charge in [-0.1, -0.05) is 6.07 Å². The van der Waals surface area contributed by atoms with Gasteiger partial charge in [0.15, 0.2) is 5.78 Å². The van der Waals surface area contributed by atoms with Crippen molar-refractivity contribution in [3.8, 4) is 0 Å². The number of aromatic nitrogens is 1. The second kappa shape index (κ2) is 6.61. The van der Waals surface area contributed by atoms with Gasteiger partial charge in [0.05, 0.1) is 13.2 Å². The van der Waals surface area contributed by atoms with Gasteiger partial charge in [0.25, 0.3) is 0 Å². The highest BCUT2D eigenvalue weighted by Gasteiger charge is 2.23. The molecule has 1 aromatic heterocycles.